The summed E-state index contributed by atoms with van der Waals surface area (Å²) in [6, 6.07) is 1.93. The van der Waals surface area contributed by atoms with Crippen LogP contribution >= 0.6 is 0 Å². The van der Waals surface area contributed by atoms with Gasteiger partial charge in [-0.15, -0.1) is 0 Å². The summed E-state index contributed by atoms with van der Waals surface area (Å²) in [6.45, 7) is 7.32. The maximum Gasteiger partial charge on any atom is 0.162 e. The van der Waals surface area contributed by atoms with Crippen LogP contribution in [0.3, 0.4) is 0 Å². The molecule has 2 heteroatoms. The summed E-state index contributed by atoms with van der Waals surface area (Å²) in [5.41, 5.74) is 3.45. The van der Waals surface area contributed by atoms with Crippen molar-refractivity contribution < 1.29 is 4.79 Å². The fraction of sp³-hybridized carbons (Fsp3) is 0.333. The first-order chi connectivity index (χ1) is 6.56. The molecular formula is C12H15NO. The molecule has 2 nitrogen and oxygen atoms in total. The lowest BCUT2D eigenvalue weighted by Gasteiger charge is -2.07. The van der Waals surface area contributed by atoms with E-state index < -0.39 is 0 Å². The van der Waals surface area contributed by atoms with E-state index in [-0.39, 0.29) is 5.78 Å². The average molecular weight is 189 g/mol. The van der Waals surface area contributed by atoms with Crippen molar-refractivity contribution in [1.29, 1.82) is 0 Å². The highest BCUT2D eigenvalue weighted by molar-refractivity contribution is 5.98. The quantitative estimate of drug-likeness (QED) is 0.669. The van der Waals surface area contributed by atoms with Crippen LogP contribution in [-0.4, -0.2) is 10.8 Å². The largest absolute Gasteiger partial charge is 0.294 e. The van der Waals surface area contributed by atoms with Crippen molar-refractivity contribution in [2.24, 2.45) is 0 Å². The van der Waals surface area contributed by atoms with Gasteiger partial charge in [-0.25, -0.2) is 0 Å². The van der Waals surface area contributed by atoms with Gasteiger partial charge < -0.3 is 0 Å². The van der Waals surface area contributed by atoms with Crippen LogP contribution in [0, 0.1) is 13.8 Å². The molecule has 0 fully saturated rings. The molecule has 1 rings (SSSR count). The maximum absolute atomic E-state index is 11.4. The minimum Gasteiger partial charge on any atom is -0.294 e. The lowest BCUT2D eigenvalue weighted by Crippen LogP contribution is -2.03. The molecule has 0 spiro atoms. The number of aryl methyl sites for hydroxylation is 2. The minimum absolute atomic E-state index is 0.0723. The standard InChI is InChI=1S/C12H15NO/c1-5-6-11-7-8(2)13-9(3)12(11)10(4)14/h5-7H,1-4H3. The minimum atomic E-state index is 0.0723. The van der Waals surface area contributed by atoms with Gasteiger partial charge in [-0.3, -0.25) is 9.78 Å². The number of allylic oxidation sites excluding steroid dienone is 1. The topological polar surface area (TPSA) is 30.0 Å². The molecule has 0 bridgehead atoms. The summed E-state index contributed by atoms with van der Waals surface area (Å²) in [7, 11) is 0. The fourth-order valence-electron chi connectivity index (χ4n) is 1.63. The number of hydrogen-bond donors (Lipinski definition) is 0. The van der Waals surface area contributed by atoms with E-state index in [1.165, 1.54) is 0 Å². The zero-order valence-corrected chi connectivity index (χ0v) is 9.09. The molecule has 0 aliphatic carbocycles. The molecule has 0 atom stereocenters. The summed E-state index contributed by atoms with van der Waals surface area (Å²) in [6.07, 6.45) is 3.87. The number of nitrogens with zero attached hydrogens (tertiary/aromatic N) is 1. The molecule has 0 aliphatic rings. The van der Waals surface area contributed by atoms with Crippen molar-refractivity contribution in [2.75, 3.05) is 0 Å². The van der Waals surface area contributed by atoms with E-state index in [0.29, 0.717) is 0 Å². The number of aromatic nitrogens is 1. The van der Waals surface area contributed by atoms with Gasteiger partial charge >= 0.3 is 0 Å². The summed E-state index contributed by atoms with van der Waals surface area (Å²) >= 11 is 0. The lowest BCUT2D eigenvalue weighted by atomic mass is 10.0. The van der Waals surface area contributed by atoms with Gasteiger partial charge in [0.05, 0.1) is 0 Å². The second-order valence-corrected chi connectivity index (χ2v) is 3.37. The van der Waals surface area contributed by atoms with Gasteiger partial charge in [0.15, 0.2) is 5.78 Å². The first-order valence-electron chi connectivity index (χ1n) is 4.68. The molecule has 1 heterocycles. The first-order valence-corrected chi connectivity index (χ1v) is 4.68. The number of pyridine rings is 1. The lowest BCUT2D eigenvalue weighted by molar-refractivity contribution is 0.101. The van der Waals surface area contributed by atoms with Gasteiger partial charge in [0.25, 0.3) is 0 Å². The summed E-state index contributed by atoms with van der Waals surface area (Å²) in [4.78, 5) is 15.7. The zero-order chi connectivity index (χ0) is 10.7. The van der Waals surface area contributed by atoms with Crippen LogP contribution in [-0.2, 0) is 0 Å². The maximum atomic E-state index is 11.4. The highest BCUT2D eigenvalue weighted by Gasteiger charge is 2.10. The molecular weight excluding hydrogens is 174 g/mol. The molecule has 0 aliphatic heterocycles. The van der Waals surface area contributed by atoms with Crippen LogP contribution in [0.1, 0.15) is 41.2 Å². The second-order valence-electron chi connectivity index (χ2n) is 3.37. The molecule has 0 saturated heterocycles. The zero-order valence-electron chi connectivity index (χ0n) is 9.09. The Kier molecular flexibility index (Phi) is 3.18. The average Bonchev–Trinajstić information content (AvgIpc) is 2.01. The molecule has 74 valence electrons. The van der Waals surface area contributed by atoms with Crippen molar-refractivity contribution in [2.45, 2.75) is 27.7 Å². The van der Waals surface area contributed by atoms with Gasteiger partial charge in [0.2, 0.25) is 0 Å². The van der Waals surface area contributed by atoms with Crippen LogP contribution in [0.15, 0.2) is 12.1 Å². The molecule has 0 amide bonds. The highest BCUT2D eigenvalue weighted by Crippen LogP contribution is 2.16. The van der Waals surface area contributed by atoms with Gasteiger partial charge in [0, 0.05) is 17.0 Å². The smallest absolute Gasteiger partial charge is 0.162 e. The van der Waals surface area contributed by atoms with E-state index in [4.69, 9.17) is 0 Å². The van der Waals surface area contributed by atoms with Gasteiger partial charge in [-0.05, 0) is 39.3 Å². The number of Topliss-reactive ketones (excluding diaryl/α,β-unsaturated/α-hetero) is 1. The SMILES string of the molecule is CC=Cc1cc(C)nc(C)c1C(C)=O. The summed E-state index contributed by atoms with van der Waals surface area (Å²) < 4.78 is 0. The van der Waals surface area contributed by atoms with Crippen LogP contribution in [0.5, 0.6) is 0 Å². The van der Waals surface area contributed by atoms with E-state index in [1.807, 2.05) is 39.0 Å². The van der Waals surface area contributed by atoms with Crippen LogP contribution in [0.4, 0.5) is 0 Å². The second kappa shape index (κ2) is 4.18. The third-order valence-corrected chi connectivity index (χ3v) is 2.06. The van der Waals surface area contributed by atoms with E-state index in [0.717, 1.165) is 22.5 Å². The molecule has 0 radical (unpaired) electrons. The third-order valence-electron chi connectivity index (χ3n) is 2.06. The fourth-order valence-corrected chi connectivity index (χ4v) is 1.63. The Balaban J connectivity index is 3.44. The summed E-state index contributed by atoms with van der Waals surface area (Å²) in [5, 5.41) is 0. The Morgan fingerprint density at radius 3 is 2.57 bits per heavy atom. The molecule has 0 saturated carbocycles. The summed E-state index contributed by atoms with van der Waals surface area (Å²) in [5.74, 6) is 0.0723. The molecule has 1 aromatic rings. The Labute approximate surface area is 84.7 Å². The van der Waals surface area contributed by atoms with Crippen molar-refractivity contribution >= 4 is 11.9 Å². The first kappa shape index (κ1) is 10.6. The van der Waals surface area contributed by atoms with E-state index in [2.05, 4.69) is 4.98 Å². The molecule has 0 N–H and O–H groups in total. The normalized spacial score (nSPS) is 10.9. The van der Waals surface area contributed by atoms with E-state index in [1.54, 1.807) is 6.92 Å². The molecule has 0 unspecified atom stereocenters. The van der Waals surface area contributed by atoms with Crippen LogP contribution < -0.4 is 0 Å². The number of hydrogen-bond acceptors (Lipinski definition) is 2. The van der Waals surface area contributed by atoms with Gasteiger partial charge in [0.1, 0.15) is 0 Å². The van der Waals surface area contributed by atoms with E-state index in [9.17, 15) is 4.79 Å². The highest BCUT2D eigenvalue weighted by atomic mass is 16.1. The predicted molar refractivity (Wildman–Crippen MR) is 58.4 cm³/mol. The van der Waals surface area contributed by atoms with Gasteiger partial charge in [-0.2, -0.15) is 0 Å². The van der Waals surface area contributed by atoms with Crippen molar-refractivity contribution in [3.8, 4) is 0 Å². The van der Waals surface area contributed by atoms with E-state index >= 15 is 0 Å². The number of carbonyl (C=O) groups is 1. The molecule has 1 aromatic heterocycles. The number of ketones is 1. The Morgan fingerprint density at radius 2 is 2.07 bits per heavy atom. The monoisotopic (exact) mass is 189 g/mol. The van der Waals surface area contributed by atoms with Gasteiger partial charge in [-0.1, -0.05) is 12.2 Å². The number of carbonyl (C=O) groups excluding carboxylic acids is 1. The number of rotatable bonds is 2. The van der Waals surface area contributed by atoms with Crippen LogP contribution in [0.25, 0.3) is 6.08 Å². The Morgan fingerprint density at radius 1 is 1.43 bits per heavy atom. The van der Waals surface area contributed by atoms with Crippen molar-refractivity contribution in [3.05, 3.63) is 34.7 Å². The Bertz CT molecular complexity index is 392. The Hall–Kier alpha value is -1.44. The predicted octanol–water partition coefficient (Wildman–Crippen LogP) is 2.93. The van der Waals surface area contributed by atoms with Crippen molar-refractivity contribution in [1.82, 2.24) is 4.98 Å². The molecule has 0 aromatic carbocycles. The third kappa shape index (κ3) is 2.08. The van der Waals surface area contributed by atoms with Crippen molar-refractivity contribution in [3.63, 3.8) is 0 Å². The molecule has 14 heavy (non-hydrogen) atoms. The van der Waals surface area contributed by atoms with Crippen LogP contribution in [0.2, 0.25) is 0 Å².